The largest absolute Gasteiger partial charge is 0.275 e. The van der Waals surface area contributed by atoms with Crippen molar-refractivity contribution in [2.45, 2.75) is 26.8 Å². The Morgan fingerprint density at radius 2 is 2.22 bits per heavy atom. The Bertz CT molecular complexity index is 625. The topological polar surface area (TPSA) is 47.2 Å². The van der Waals surface area contributed by atoms with Crippen LogP contribution in [0.2, 0.25) is 0 Å². The van der Waals surface area contributed by atoms with Gasteiger partial charge in [0, 0.05) is 12.2 Å². The molecule has 5 heteroatoms. The first-order chi connectivity index (χ1) is 8.59. The zero-order valence-corrected chi connectivity index (χ0v) is 11.4. The molecule has 0 aromatic carbocycles. The standard InChI is InChI=1S/C13H15N3OS/c1-9(2)15-11-6-4-5-7-16(11)13(17)12-10(3)14-8-18-12/h4-9H,1-3H3. The number of hydrogen-bond acceptors (Lipinski definition) is 4. The molecule has 0 unspecified atom stereocenters. The zero-order chi connectivity index (χ0) is 13.1. The summed E-state index contributed by atoms with van der Waals surface area (Å²) in [6, 6.07) is 5.70. The van der Waals surface area contributed by atoms with E-state index in [-0.39, 0.29) is 11.9 Å². The molecule has 18 heavy (non-hydrogen) atoms. The maximum absolute atomic E-state index is 12.4. The minimum absolute atomic E-state index is 0.0741. The van der Waals surface area contributed by atoms with E-state index in [1.54, 1.807) is 16.3 Å². The first kappa shape index (κ1) is 12.7. The van der Waals surface area contributed by atoms with Crippen LogP contribution in [-0.4, -0.2) is 21.5 Å². The monoisotopic (exact) mass is 261 g/mol. The van der Waals surface area contributed by atoms with Gasteiger partial charge in [0.15, 0.2) is 0 Å². The van der Waals surface area contributed by atoms with Crippen LogP contribution < -0.4 is 5.49 Å². The van der Waals surface area contributed by atoms with Crippen LogP contribution in [0.1, 0.15) is 29.2 Å². The third kappa shape index (κ3) is 2.56. The Morgan fingerprint density at radius 1 is 1.44 bits per heavy atom. The molecule has 2 heterocycles. The molecule has 94 valence electrons. The van der Waals surface area contributed by atoms with E-state index in [1.165, 1.54) is 11.3 Å². The second-order valence-corrected chi connectivity index (χ2v) is 5.08. The highest BCUT2D eigenvalue weighted by Crippen LogP contribution is 2.12. The summed E-state index contributed by atoms with van der Waals surface area (Å²) in [4.78, 5) is 21.6. The highest BCUT2D eigenvalue weighted by Gasteiger charge is 2.13. The highest BCUT2D eigenvalue weighted by atomic mass is 32.1. The number of aromatic nitrogens is 2. The van der Waals surface area contributed by atoms with Gasteiger partial charge in [-0.25, -0.2) is 4.98 Å². The van der Waals surface area contributed by atoms with Gasteiger partial charge in [-0.1, -0.05) is 6.07 Å². The summed E-state index contributed by atoms with van der Waals surface area (Å²) in [7, 11) is 0. The fourth-order valence-electron chi connectivity index (χ4n) is 1.59. The fourth-order valence-corrected chi connectivity index (χ4v) is 2.33. The summed E-state index contributed by atoms with van der Waals surface area (Å²) in [5, 5.41) is 0. The predicted octanol–water partition coefficient (Wildman–Crippen LogP) is 2.25. The van der Waals surface area contributed by atoms with Crippen molar-refractivity contribution in [3.05, 3.63) is 46.0 Å². The van der Waals surface area contributed by atoms with Crippen molar-refractivity contribution in [2.24, 2.45) is 4.99 Å². The van der Waals surface area contributed by atoms with E-state index in [9.17, 15) is 4.79 Å². The molecule has 0 fully saturated rings. The molecule has 0 bridgehead atoms. The predicted molar refractivity (Wildman–Crippen MR) is 71.7 cm³/mol. The molecule has 2 aromatic heterocycles. The number of thiazole rings is 1. The van der Waals surface area contributed by atoms with Gasteiger partial charge in [-0.2, -0.15) is 0 Å². The minimum atomic E-state index is -0.0741. The van der Waals surface area contributed by atoms with Crippen LogP contribution in [0.4, 0.5) is 0 Å². The molecule has 2 rings (SSSR count). The number of rotatable bonds is 2. The van der Waals surface area contributed by atoms with Gasteiger partial charge in [0.2, 0.25) is 0 Å². The molecule has 0 aliphatic heterocycles. The number of hydrogen-bond donors (Lipinski definition) is 0. The molecule has 4 nitrogen and oxygen atoms in total. The first-order valence-corrected chi connectivity index (χ1v) is 6.64. The smallest absolute Gasteiger partial charge is 0.267 e. The minimum Gasteiger partial charge on any atom is -0.267 e. The molecule has 0 saturated heterocycles. The van der Waals surface area contributed by atoms with Crippen LogP contribution >= 0.6 is 11.3 Å². The Morgan fingerprint density at radius 3 is 2.83 bits per heavy atom. The van der Waals surface area contributed by atoms with E-state index < -0.39 is 0 Å². The van der Waals surface area contributed by atoms with E-state index >= 15 is 0 Å². The third-order valence-electron chi connectivity index (χ3n) is 2.39. The second-order valence-electron chi connectivity index (χ2n) is 4.22. The number of carbonyl (C=O) groups excluding carboxylic acids is 1. The van der Waals surface area contributed by atoms with Crippen LogP contribution in [0.15, 0.2) is 34.9 Å². The fraction of sp³-hybridized carbons (Fsp3) is 0.308. The lowest BCUT2D eigenvalue weighted by Crippen LogP contribution is -2.28. The lowest BCUT2D eigenvalue weighted by atomic mass is 10.3. The lowest BCUT2D eigenvalue weighted by Gasteiger charge is -2.05. The van der Waals surface area contributed by atoms with Gasteiger partial charge in [0.05, 0.1) is 11.2 Å². The molecule has 0 atom stereocenters. The highest BCUT2D eigenvalue weighted by molar-refractivity contribution is 7.11. The maximum atomic E-state index is 12.4. The average Bonchev–Trinajstić information content (AvgIpc) is 2.74. The van der Waals surface area contributed by atoms with Crippen LogP contribution in [0.25, 0.3) is 0 Å². The summed E-state index contributed by atoms with van der Waals surface area (Å²) in [5.41, 5.74) is 3.12. The second kappa shape index (κ2) is 5.27. The van der Waals surface area contributed by atoms with Crippen molar-refractivity contribution in [1.82, 2.24) is 9.55 Å². The van der Waals surface area contributed by atoms with Crippen LogP contribution in [0, 0.1) is 6.92 Å². The molecule has 0 spiro atoms. The number of aryl methyl sites for hydroxylation is 1. The van der Waals surface area contributed by atoms with Crippen molar-refractivity contribution in [2.75, 3.05) is 0 Å². The van der Waals surface area contributed by atoms with Crippen molar-refractivity contribution >= 4 is 17.2 Å². The zero-order valence-electron chi connectivity index (χ0n) is 10.6. The summed E-state index contributed by atoms with van der Waals surface area (Å²) in [5.74, 6) is -0.0741. The van der Waals surface area contributed by atoms with Gasteiger partial charge in [-0.3, -0.25) is 14.4 Å². The SMILES string of the molecule is Cc1ncsc1C(=O)n1ccccc1=NC(C)C. The molecule has 0 N–H and O–H groups in total. The summed E-state index contributed by atoms with van der Waals surface area (Å²) in [6.07, 6.45) is 1.74. The quantitative estimate of drug-likeness (QED) is 0.832. The average molecular weight is 261 g/mol. The van der Waals surface area contributed by atoms with Crippen LogP contribution in [0.5, 0.6) is 0 Å². The van der Waals surface area contributed by atoms with E-state index in [0.717, 1.165) is 5.69 Å². The number of pyridine rings is 1. The molecule has 0 saturated carbocycles. The molecule has 0 radical (unpaired) electrons. The Balaban J connectivity index is 2.53. The van der Waals surface area contributed by atoms with Gasteiger partial charge in [-0.05, 0) is 32.9 Å². The van der Waals surface area contributed by atoms with Gasteiger partial charge >= 0.3 is 0 Å². The van der Waals surface area contributed by atoms with Crippen molar-refractivity contribution in [1.29, 1.82) is 0 Å². The van der Waals surface area contributed by atoms with Crippen LogP contribution in [-0.2, 0) is 0 Å². The summed E-state index contributed by atoms with van der Waals surface area (Å²) >= 11 is 1.36. The van der Waals surface area contributed by atoms with E-state index in [2.05, 4.69) is 9.98 Å². The number of nitrogens with zero attached hydrogens (tertiary/aromatic N) is 3. The molecule has 0 amide bonds. The van der Waals surface area contributed by atoms with E-state index in [0.29, 0.717) is 10.4 Å². The van der Waals surface area contributed by atoms with Crippen molar-refractivity contribution in [3.63, 3.8) is 0 Å². The Labute approximate surface area is 110 Å². The summed E-state index contributed by atoms with van der Waals surface area (Å²) < 4.78 is 1.57. The number of carbonyl (C=O) groups is 1. The van der Waals surface area contributed by atoms with Gasteiger partial charge in [0.1, 0.15) is 10.4 Å². The Hall–Kier alpha value is -1.75. The summed E-state index contributed by atoms with van der Waals surface area (Å²) in [6.45, 7) is 5.81. The third-order valence-corrected chi connectivity index (χ3v) is 3.30. The van der Waals surface area contributed by atoms with Crippen molar-refractivity contribution in [3.8, 4) is 0 Å². The Kier molecular flexibility index (Phi) is 3.72. The molecule has 2 aromatic rings. The molecular weight excluding hydrogens is 246 g/mol. The first-order valence-electron chi connectivity index (χ1n) is 5.76. The van der Waals surface area contributed by atoms with E-state index in [4.69, 9.17) is 0 Å². The van der Waals surface area contributed by atoms with Crippen LogP contribution in [0.3, 0.4) is 0 Å². The molecule has 0 aliphatic rings. The lowest BCUT2D eigenvalue weighted by molar-refractivity contribution is 0.0958. The van der Waals surface area contributed by atoms with E-state index in [1.807, 2.05) is 39.0 Å². The maximum Gasteiger partial charge on any atom is 0.275 e. The van der Waals surface area contributed by atoms with Gasteiger partial charge in [0.25, 0.3) is 5.91 Å². The van der Waals surface area contributed by atoms with Gasteiger partial charge in [-0.15, -0.1) is 11.3 Å². The van der Waals surface area contributed by atoms with Gasteiger partial charge < -0.3 is 0 Å². The normalized spacial score (nSPS) is 12.1. The van der Waals surface area contributed by atoms with Crippen molar-refractivity contribution < 1.29 is 4.79 Å². The molecular formula is C13H15N3OS. The molecule has 0 aliphatic carbocycles.